The number of methoxy groups -OCH3 is 1. The van der Waals surface area contributed by atoms with E-state index in [0.717, 1.165) is 41.9 Å². The SMILES string of the molecule is COc1cccc2[nH]c(CC3CC4CCC(C3)N4CC(=O)NC(C)(C)C)nc12. The summed E-state index contributed by atoms with van der Waals surface area (Å²) in [5.41, 5.74) is 1.78. The summed E-state index contributed by atoms with van der Waals surface area (Å²) in [7, 11) is 1.69. The van der Waals surface area contributed by atoms with Crippen LogP contribution in [0.1, 0.15) is 52.3 Å². The second kappa shape index (κ2) is 7.39. The van der Waals surface area contributed by atoms with Gasteiger partial charge in [0.1, 0.15) is 17.1 Å². The first kappa shape index (κ1) is 19.2. The molecule has 152 valence electrons. The van der Waals surface area contributed by atoms with E-state index in [-0.39, 0.29) is 11.4 Å². The van der Waals surface area contributed by atoms with Crippen LogP contribution in [-0.4, -0.2) is 52.1 Å². The number of H-pyrrole nitrogens is 1. The molecule has 2 aliphatic heterocycles. The third-order valence-corrected chi connectivity index (χ3v) is 6.05. The summed E-state index contributed by atoms with van der Waals surface area (Å²) < 4.78 is 5.43. The Bertz CT molecular complexity index is 840. The van der Waals surface area contributed by atoms with Gasteiger partial charge in [0.05, 0.1) is 19.2 Å². The fourth-order valence-electron chi connectivity index (χ4n) is 5.03. The second-order valence-electron chi connectivity index (χ2n) is 9.44. The lowest BCUT2D eigenvalue weighted by atomic mass is 9.88. The monoisotopic (exact) mass is 384 g/mol. The molecule has 2 aromatic rings. The van der Waals surface area contributed by atoms with Gasteiger partial charge in [-0.25, -0.2) is 4.98 Å². The maximum atomic E-state index is 12.4. The van der Waals surface area contributed by atoms with E-state index >= 15 is 0 Å². The highest BCUT2D eigenvalue weighted by molar-refractivity contribution is 5.81. The van der Waals surface area contributed by atoms with Crippen LogP contribution in [0.2, 0.25) is 0 Å². The Hall–Kier alpha value is -2.08. The molecule has 0 saturated carbocycles. The Morgan fingerprint density at radius 1 is 1.29 bits per heavy atom. The van der Waals surface area contributed by atoms with Crippen molar-refractivity contribution in [3.05, 3.63) is 24.0 Å². The summed E-state index contributed by atoms with van der Waals surface area (Å²) in [6.45, 7) is 6.64. The largest absolute Gasteiger partial charge is 0.494 e. The van der Waals surface area contributed by atoms with E-state index in [9.17, 15) is 4.79 Å². The van der Waals surface area contributed by atoms with Crippen LogP contribution in [0.5, 0.6) is 5.75 Å². The number of piperidine rings is 1. The highest BCUT2D eigenvalue weighted by Crippen LogP contribution is 2.39. The van der Waals surface area contributed by atoms with Crippen molar-refractivity contribution in [2.45, 2.75) is 70.5 Å². The number of para-hydroxylation sites is 1. The van der Waals surface area contributed by atoms with Crippen molar-refractivity contribution in [1.29, 1.82) is 0 Å². The van der Waals surface area contributed by atoms with Crippen LogP contribution in [0.15, 0.2) is 18.2 Å². The molecule has 2 bridgehead atoms. The number of fused-ring (bicyclic) bond motifs is 3. The molecule has 0 radical (unpaired) electrons. The maximum Gasteiger partial charge on any atom is 0.234 e. The van der Waals surface area contributed by atoms with Crippen molar-refractivity contribution in [2.24, 2.45) is 5.92 Å². The number of aromatic nitrogens is 2. The third kappa shape index (κ3) is 4.02. The lowest BCUT2D eigenvalue weighted by Gasteiger charge is -2.38. The van der Waals surface area contributed by atoms with Gasteiger partial charge in [0.2, 0.25) is 5.91 Å². The molecule has 0 aliphatic carbocycles. The summed E-state index contributed by atoms with van der Waals surface area (Å²) in [4.78, 5) is 23.1. The molecule has 1 aromatic carbocycles. The first-order chi connectivity index (χ1) is 13.3. The smallest absolute Gasteiger partial charge is 0.234 e. The fourth-order valence-corrected chi connectivity index (χ4v) is 5.03. The van der Waals surface area contributed by atoms with Gasteiger partial charge in [0, 0.05) is 24.0 Å². The number of ether oxygens (including phenoxy) is 1. The molecule has 2 saturated heterocycles. The van der Waals surface area contributed by atoms with Crippen molar-refractivity contribution in [2.75, 3.05) is 13.7 Å². The van der Waals surface area contributed by atoms with Gasteiger partial charge in [0.25, 0.3) is 0 Å². The van der Waals surface area contributed by atoms with Crippen LogP contribution in [-0.2, 0) is 11.2 Å². The van der Waals surface area contributed by atoms with Crippen LogP contribution in [0, 0.1) is 5.92 Å². The number of amides is 1. The van der Waals surface area contributed by atoms with Crippen LogP contribution in [0.25, 0.3) is 11.0 Å². The number of hydrogen-bond donors (Lipinski definition) is 2. The van der Waals surface area contributed by atoms with Crippen molar-refractivity contribution in [3.8, 4) is 5.75 Å². The summed E-state index contributed by atoms with van der Waals surface area (Å²) >= 11 is 0. The van der Waals surface area contributed by atoms with Crippen molar-refractivity contribution < 1.29 is 9.53 Å². The highest BCUT2D eigenvalue weighted by atomic mass is 16.5. The predicted molar refractivity (Wildman–Crippen MR) is 110 cm³/mol. The van der Waals surface area contributed by atoms with E-state index in [4.69, 9.17) is 9.72 Å². The molecule has 0 spiro atoms. The molecule has 6 heteroatoms. The summed E-state index contributed by atoms with van der Waals surface area (Å²) in [5.74, 6) is 2.63. The number of benzene rings is 1. The summed E-state index contributed by atoms with van der Waals surface area (Å²) in [6.07, 6.45) is 5.67. The average Bonchev–Trinajstić information content (AvgIpc) is 3.10. The summed E-state index contributed by atoms with van der Waals surface area (Å²) in [5, 5.41) is 3.10. The van der Waals surface area contributed by atoms with Crippen molar-refractivity contribution in [3.63, 3.8) is 0 Å². The number of hydrogen-bond acceptors (Lipinski definition) is 4. The first-order valence-electron chi connectivity index (χ1n) is 10.4. The Kier molecular flexibility index (Phi) is 5.08. The molecule has 1 amide bonds. The summed E-state index contributed by atoms with van der Waals surface area (Å²) in [6, 6.07) is 7.04. The molecule has 1 aromatic heterocycles. The van der Waals surface area contributed by atoms with Gasteiger partial charge in [-0.05, 0) is 64.5 Å². The minimum absolute atomic E-state index is 0.146. The van der Waals surface area contributed by atoms with Crippen molar-refractivity contribution >= 4 is 16.9 Å². The molecule has 6 nitrogen and oxygen atoms in total. The topological polar surface area (TPSA) is 70.2 Å². The number of imidazole rings is 1. The van der Waals surface area contributed by atoms with E-state index in [1.165, 1.54) is 12.8 Å². The van der Waals surface area contributed by atoms with E-state index < -0.39 is 0 Å². The molecule has 4 rings (SSSR count). The molecule has 2 N–H and O–H groups in total. The van der Waals surface area contributed by atoms with Crippen LogP contribution in [0.3, 0.4) is 0 Å². The Labute approximate surface area is 167 Å². The van der Waals surface area contributed by atoms with Crippen LogP contribution in [0.4, 0.5) is 0 Å². The molecule has 2 fully saturated rings. The van der Waals surface area contributed by atoms with E-state index in [2.05, 4.69) is 21.3 Å². The van der Waals surface area contributed by atoms with E-state index in [1.807, 2.05) is 32.9 Å². The van der Waals surface area contributed by atoms with Gasteiger partial charge in [-0.2, -0.15) is 0 Å². The predicted octanol–water partition coefficient (Wildman–Crippen LogP) is 3.27. The molecule has 28 heavy (non-hydrogen) atoms. The lowest BCUT2D eigenvalue weighted by molar-refractivity contribution is -0.125. The number of nitrogens with one attached hydrogen (secondary N) is 2. The van der Waals surface area contributed by atoms with Gasteiger partial charge in [-0.1, -0.05) is 6.07 Å². The number of carbonyl (C=O) groups is 1. The van der Waals surface area contributed by atoms with Gasteiger partial charge >= 0.3 is 0 Å². The van der Waals surface area contributed by atoms with Gasteiger partial charge in [-0.3, -0.25) is 9.69 Å². The third-order valence-electron chi connectivity index (χ3n) is 6.05. The number of nitrogens with zero attached hydrogens (tertiary/aromatic N) is 2. The molecule has 2 unspecified atom stereocenters. The quantitative estimate of drug-likeness (QED) is 0.830. The van der Waals surface area contributed by atoms with E-state index in [1.54, 1.807) is 7.11 Å². The molecule has 2 aliphatic rings. The Morgan fingerprint density at radius 2 is 2.00 bits per heavy atom. The zero-order valence-electron chi connectivity index (χ0n) is 17.4. The molecular weight excluding hydrogens is 352 g/mol. The second-order valence-corrected chi connectivity index (χ2v) is 9.44. The maximum absolute atomic E-state index is 12.4. The lowest BCUT2D eigenvalue weighted by Crippen LogP contribution is -2.51. The van der Waals surface area contributed by atoms with Gasteiger partial charge < -0.3 is 15.0 Å². The average molecular weight is 385 g/mol. The molecular formula is C22H32N4O2. The Balaban J connectivity index is 1.40. The zero-order chi connectivity index (χ0) is 19.9. The van der Waals surface area contributed by atoms with Crippen LogP contribution >= 0.6 is 0 Å². The Morgan fingerprint density at radius 3 is 2.64 bits per heavy atom. The van der Waals surface area contributed by atoms with Gasteiger partial charge in [0.15, 0.2) is 0 Å². The van der Waals surface area contributed by atoms with E-state index in [0.29, 0.717) is 24.5 Å². The van der Waals surface area contributed by atoms with Crippen molar-refractivity contribution in [1.82, 2.24) is 20.2 Å². The van der Waals surface area contributed by atoms with Gasteiger partial charge in [-0.15, -0.1) is 0 Å². The minimum Gasteiger partial charge on any atom is -0.494 e. The fraction of sp³-hybridized carbons (Fsp3) is 0.636. The highest BCUT2D eigenvalue weighted by Gasteiger charge is 2.41. The van der Waals surface area contributed by atoms with Crippen LogP contribution < -0.4 is 10.1 Å². The zero-order valence-corrected chi connectivity index (χ0v) is 17.4. The number of aromatic amines is 1. The number of carbonyl (C=O) groups excluding carboxylic acids is 1. The number of rotatable bonds is 5. The minimum atomic E-state index is -0.170. The molecule has 2 atom stereocenters. The standard InChI is InChI=1S/C22H32N4O2/c1-22(2,3)25-20(27)13-26-15-8-9-16(26)11-14(10-15)12-19-23-17-6-5-7-18(28-4)21(17)24-19/h5-7,14-16H,8-13H2,1-4H3,(H,23,24)(H,25,27). The molecule has 3 heterocycles. The first-order valence-corrected chi connectivity index (χ1v) is 10.4. The normalized spacial score (nSPS) is 25.2.